The first-order valence-corrected chi connectivity index (χ1v) is 15.0. The van der Waals surface area contributed by atoms with Crippen molar-refractivity contribution in [3.8, 4) is 22.6 Å². The van der Waals surface area contributed by atoms with E-state index in [0.717, 1.165) is 22.6 Å². The number of hydrogen-bond donors (Lipinski definition) is 0. The van der Waals surface area contributed by atoms with E-state index in [9.17, 15) is 0 Å². The molecule has 1 unspecified atom stereocenters. The van der Waals surface area contributed by atoms with Crippen LogP contribution in [0.15, 0.2) is 109 Å². The Morgan fingerprint density at radius 3 is 2.07 bits per heavy atom. The van der Waals surface area contributed by atoms with Gasteiger partial charge < -0.3 is 9.47 Å². The minimum Gasteiger partial charge on any atom is -0.497 e. The van der Waals surface area contributed by atoms with Crippen molar-refractivity contribution in [1.82, 2.24) is 0 Å². The van der Waals surface area contributed by atoms with Gasteiger partial charge in [0.05, 0.1) is 7.11 Å². The number of rotatable bonds is 3. The van der Waals surface area contributed by atoms with Gasteiger partial charge in [-0.2, -0.15) is 0 Å². The molecule has 2 heteroatoms. The van der Waals surface area contributed by atoms with Crippen LogP contribution in [0.5, 0.6) is 11.5 Å². The Hall–Kier alpha value is -4.30. The first-order valence-electron chi connectivity index (χ1n) is 15.0. The highest BCUT2D eigenvalue weighted by atomic mass is 16.5. The Balaban J connectivity index is 1.44. The van der Waals surface area contributed by atoms with Crippen molar-refractivity contribution in [2.24, 2.45) is 0 Å². The van der Waals surface area contributed by atoms with Crippen LogP contribution in [0.1, 0.15) is 66.3 Å². The molecule has 8 rings (SSSR count). The summed E-state index contributed by atoms with van der Waals surface area (Å²) in [6, 6.07) is 37.1. The van der Waals surface area contributed by atoms with E-state index in [2.05, 4.69) is 103 Å². The topological polar surface area (TPSA) is 18.5 Å². The van der Waals surface area contributed by atoms with Crippen LogP contribution < -0.4 is 9.47 Å². The predicted octanol–water partition coefficient (Wildman–Crippen LogP) is 9.82. The summed E-state index contributed by atoms with van der Waals surface area (Å²) in [6.07, 6.45) is 12.2. The van der Waals surface area contributed by atoms with Crippen molar-refractivity contribution < 1.29 is 9.47 Å². The van der Waals surface area contributed by atoms with E-state index in [1.165, 1.54) is 77.1 Å². The van der Waals surface area contributed by atoms with Crippen LogP contribution in [0.25, 0.3) is 28.0 Å². The Bertz CT molecular complexity index is 1790. The van der Waals surface area contributed by atoms with Crippen LogP contribution in [-0.4, -0.2) is 7.11 Å². The molecule has 0 aromatic heterocycles. The summed E-state index contributed by atoms with van der Waals surface area (Å²) < 4.78 is 12.9. The summed E-state index contributed by atoms with van der Waals surface area (Å²) in [6.45, 7) is 0. The highest BCUT2D eigenvalue weighted by molar-refractivity contribution is 6.08. The molecule has 1 spiro atoms. The summed E-state index contributed by atoms with van der Waals surface area (Å²) in [5, 5.41) is 2.47. The van der Waals surface area contributed by atoms with Crippen LogP contribution in [-0.2, 0) is 11.0 Å². The average molecular weight is 535 g/mol. The summed E-state index contributed by atoms with van der Waals surface area (Å²) in [7, 11) is 1.71. The molecule has 1 fully saturated rings. The molecule has 5 aromatic carbocycles. The van der Waals surface area contributed by atoms with Crippen molar-refractivity contribution in [3.05, 3.63) is 137 Å². The third kappa shape index (κ3) is 3.50. The van der Waals surface area contributed by atoms with Crippen LogP contribution in [0.3, 0.4) is 0 Å². The Kier molecular flexibility index (Phi) is 5.60. The second-order valence-electron chi connectivity index (χ2n) is 11.8. The van der Waals surface area contributed by atoms with E-state index >= 15 is 0 Å². The van der Waals surface area contributed by atoms with Gasteiger partial charge in [0.1, 0.15) is 11.5 Å². The van der Waals surface area contributed by atoms with Gasteiger partial charge in [-0.15, -0.1) is 0 Å². The van der Waals surface area contributed by atoms with Crippen molar-refractivity contribution in [2.45, 2.75) is 49.5 Å². The largest absolute Gasteiger partial charge is 0.497 e. The van der Waals surface area contributed by atoms with Crippen molar-refractivity contribution in [3.63, 3.8) is 0 Å². The van der Waals surface area contributed by atoms with Gasteiger partial charge >= 0.3 is 0 Å². The van der Waals surface area contributed by atoms with E-state index < -0.39 is 5.60 Å². The molecule has 41 heavy (non-hydrogen) atoms. The second kappa shape index (κ2) is 9.38. The monoisotopic (exact) mass is 534 g/mol. The molecule has 0 amide bonds. The van der Waals surface area contributed by atoms with Crippen LogP contribution in [0, 0.1) is 0 Å². The third-order valence-corrected chi connectivity index (χ3v) is 9.82. The van der Waals surface area contributed by atoms with Gasteiger partial charge in [-0.05, 0) is 58.7 Å². The van der Waals surface area contributed by atoms with Gasteiger partial charge in [-0.3, -0.25) is 0 Å². The van der Waals surface area contributed by atoms with Crippen molar-refractivity contribution in [2.75, 3.05) is 7.11 Å². The van der Waals surface area contributed by atoms with E-state index in [1.807, 2.05) is 12.1 Å². The molecule has 0 N–H and O–H groups in total. The fraction of sp³-hybridized carbons (Fsp3) is 0.231. The number of benzene rings is 5. The van der Waals surface area contributed by atoms with Gasteiger partial charge in [-0.25, -0.2) is 0 Å². The predicted molar refractivity (Wildman–Crippen MR) is 168 cm³/mol. The zero-order valence-corrected chi connectivity index (χ0v) is 23.5. The van der Waals surface area contributed by atoms with Crippen LogP contribution in [0.4, 0.5) is 0 Å². The van der Waals surface area contributed by atoms with E-state index in [-0.39, 0.29) is 5.41 Å². The third-order valence-electron chi connectivity index (χ3n) is 9.82. The lowest BCUT2D eigenvalue weighted by atomic mass is 9.70. The normalized spacial score (nSPS) is 20.1. The zero-order valence-electron chi connectivity index (χ0n) is 23.5. The molecule has 1 atom stereocenters. The van der Waals surface area contributed by atoms with Gasteiger partial charge in [0.2, 0.25) is 0 Å². The molecule has 2 nitrogen and oxygen atoms in total. The molecule has 2 aliphatic carbocycles. The molecule has 1 saturated carbocycles. The molecule has 0 radical (unpaired) electrons. The molecule has 3 aliphatic rings. The maximum Gasteiger partial charge on any atom is 0.178 e. The quantitative estimate of drug-likeness (QED) is 0.229. The minimum atomic E-state index is -0.750. The molecular formula is C39H34O2. The highest BCUT2D eigenvalue weighted by Crippen LogP contribution is 2.61. The average Bonchev–Trinajstić information content (AvgIpc) is 3.15. The molecular weight excluding hydrogens is 500 g/mol. The number of hydrogen-bond acceptors (Lipinski definition) is 2. The molecule has 1 heterocycles. The second-order valence-corrected chi connectivity index (χ2v) is 11.8. The minimum absolute atomic E-state index is 0.0249. The number of ether oxygens (including phenoxy) is 2. The lowest BCUT2D eigenvalue weighted by molar-refractivity contribution is 0.163. The van der Waals surface area contributed by atoms with Gasteiger partial charge in [-0.1, -0.05) is 123 Å². The smallest absolute Gasteiger partial charge is 0.178 e. The molecule has 0 saturated heterocycles. The van der Waals surface area contributed by atoms with E-state index in [4.69, 9.17) is 9.47 Å². The van der Waals surface area contributed by atoms with Gasteiger partial charge in [0.25, 0.3) is 0 Å². The standard InChI is InChI=1S/C39H34O2/c1-40-29-21-19-28(20-22-29)39(27-13-5-4-6-14-27)26-23-33-36-35(30-15-7-8-16-31(30)37(33)41-39)32-17-9-10-18-34(32)38(36)24-11-2-3-12-25-38/h4-10,13-23,26H,2-3,11-12,24-25H2,1H3. The first-order chi connectivity index (χ1) is 20.2. The lowest BCUT2D eigenvalue weighted by Gasteiger charge is -2.39. The van der Waals surface area contributed by atoms with Crippen molar-refractivity contribution >= 4 is 16.8 Å². The molecule has 5 aromatic rings. The maximum atomic E-state index is 7.44. The molecule has 202 valence electrons. The SMILES string of the molecule is COc1ccc(C2(c3ccccc3)C=Cc3c4c(c5ccccc5c3O2)-c2ccccc2C42CCCCCC2)cc1. The Morgan fingerprint density at radius 2 is 1.32 bits per heavy atom. The van der Waals surface area contributed by atoms with Gasteiger partial charge in [0.15, 0.2) is 5.60 Å². The highest BCUT2D eigenvalue weighted by Gasteiger charge is 2.48. The zero-order chi connectivity index (χ0) is 27.4. The summed E-state index contributed by atoms with van der Waals surface area (Å²) in [5.41, 5.74) is 8.57. The lowest BCUT2D eigenvalue weighted by Crippen LogP contribution is -2.35. The van der Waals surface area contributed by atoms with Crippen LogP contribution in [0.2, 0.25) is 0 Å². The first kappa shape index (κ1) is 24.5. The maximum absolute atomic E-state index is 7.44. The number of methoxy groups -OCH3 is 1. The van der Waals surface area contributed by atoms with Crippen molar-refractivity contribution in [1.29, 1.82) is 0 Å². The summed E-state index contributed by atoms with van der Waals surface area (Å²) >= 11 is 0. The van der Waals surface area contributed by atoms with Gasteiger partial charge in [0, 0.05) is 27.5 Å². The Labute approximate surface area is 242 Å². The summed E-state index contributed by atoms with van der Waals surface area (Å²) in [4.78, 5) is 0. The fourth-order valence-corrected chi connectivity index (χ4v) is 7.97. The molecule has 0 bridgehead atoms. The number of fused-ring (bicyclic) bond motifs is 10. The Morgan fingerprint density at radius 1 is 0.659 bits per heavy atom. The fourth-order valence-electron chi connectivity index (χ4n) is 7.97. The van der Waals surface area contributed by atoms with E-state index in [0.29, 0.717) is 0 Å². The van der Waals surface area contributed by atoms with Crippen LogP contribution >= 0.6 is 0 Å². The molecule has 1 aliphatic heterocycles. The van der Waals surface area contributed by atoms with E-state index in [1.54, 1.807) is 7.11 Å². The summed E-state index contributed by atoms with van der Waals surface area (Å²) in [5.74, 6) is 1.84.